The molecule has 0 unspecified atom stereocenters. The Morgan fingerprint density at radius 2 is 2.20 bits per heavy atom. The third-order valence-electron chi connectivity index (χ3n) is 4.71. The van der Waals surface area contributed by atoms with Gasteiger partial charge in [0.15, 0.2) is 5.65 Å². The van der Waals surface area contributed by atoms with Crippen LogP contribution in [0.5, 0.6) is 0 Å². The lowest BCUT2D eigenvalue weighted by Gasteiger charge is -2.08. The molecule has 9 heteroatoms. The summed E-state index contributed by atoms with van der Waals surface area (Å²) in [5.41, 5.74) is 8.90. The minimum absolute atomic E-state index is 0.236. The second kappa shape index (κ2) is 8.08. The maximum Gasteiger partial charge on any atom is 0.254 e. The summed E-state index contributed by atoms with van der Waals surface area (Å²) in [6.07, 6.45) is 6.77. The summed E-state index contributed by atoms with van der Waals surface area (Å²) in [5.74, 6) is 0.256. The maximum atomic E-state index is 12.4. The van der Waals surface area contributed by atoms with Gasteiger partial charge in [-0.25, -0.2) is 15.0 Å². The highest BCUT2D eigenvalue weighted by Gasteiger charge is 2.15. The van der Waals surface area contributed by atoms with Crippen LogP contribution in [0.15, 0.2) is 66.1 Å². The van der Waals surface area contributed by atoms with E-state index >= 15 is 0 Å². The molecule has 0 atom stereocenters. The Morgan fingerprint density at radius 1 is 1.37 bits per heavy atom. The molecule has 4 rings (SSSR count). The third-order valence-corrected chi connectivity index (χ3v) is 4.71. The molecular weight excluding hydrogens is 380 g/mol. The summed E-state index contributed by atoms with van der Waals surface area (Å²) in [4.78, 5) is 25.8. The highest BCUT2D eigenvalue weighted by molar-refractivity contribution is 6.01. The molecule has 0 saturated carbocycles. The summed E-state index contributed by atoms with van der Waals surface area (Å²) in [6.45, 7) is 5.43. The molecule has 1 aromatic carbocycles. The van der Waals surface area contributed by atoms with Crippen LogP contribution in [-0.4, -0.2) is 38.4 Å². The summed E-state index contributed by atoms with van der Waals surface area (Å²) >= 11 is 0. The highest BCUT2D eigenvalue weighted by Crippen LogP contribution is 2.16. The Morgan fingerprint density at radius 3 is 2.93 bits per heavy atom. The number of benzene rings is 1. The number of fused-ring (bicyclic) bond motifs is 3. The summed E-state index contributed by atoms with van der Waals surface area (Å²) < 4.78 is 3.79. The fourth-order valence-electron chi connectivity index (χ4n) is 3.27. The van der Waals surface area contributed by atoms with E-state index in [9.17, 15) is 4.79 Å². The smallest absolute Gasteiger partial charge is 0.254 e. The molecule has 0 fully saturated rings. The van der Waals surface area contributed by atoms with Gasteiger partial charge in [-0.2, -0.15) is 0 Å². The van der Waals surface area contributed by atoms with Gasteiger partial charge < -0.3 is 20.9 Å². The van der Waals surface area contributed by atoms with E-state index in [0.29, 0.717) is 40.8 Å². The molecule has 4 aromatic rings. The maximum absolute atomic E-state index is 12.4. The van der Waals surface area contributed by atoms with Crippen LogP contribution < -0.4 is 27.1 Å². The number of amides is 1. The molecule has 0 aliphatic carbocycles. The highest BCUT2D eigenvalue weighted by atomic mass is 16.1. The number of hydrogen-bond acceptors (Lipinski definition) is 6. The Labute approximate surface area is 172 Å². The van der Waals surface area contributed by atoms with E-state index in [0.717, 1.165) is 11.0 Å². The monoisotopic (exact) mass is 402 g/mol. The molecule has 30 heavy (non-hydrogen) atoms. The minimum Gasteiger partial charge on any atom is -0.402 e. The molecule has 152 valence electrons. The van der Waals surface area contributed by atoms with Crippen molar-refractivity contribution in [1.29, 1.82) is 0 Å². The van der Waals surface area contributed by atoms with Gasteiger partial charge in [0.1, 0.15) is 11.3 Å². The molecule has 9 nitrogen and oxygen atoms in total. The van der Waals surface area contributed by atoms with Crippen LogP contribution in [0.3, 0.4) is 0 Å². The second-order valence-corrected chi connectivity index (χ2v) is 6.64. The Hall–Kier alpha value is -4.14. The molecular formula is C21H22N8O. The molecule has 1 amide bonds. The van der Waals surface area contributed by atoms with Crippen molar-refractivity contribution >= 4 is 29.2 Å². The van der Waals surface area contributed by atoms with E-state index in [1.165, 1.54) is 6.20 Å². The standard InChI is InChI=1S/C21H22N8O/c1-14-11-15(21(30)23-2)20-26-16-5-3-4-6-17(16)29(20)19(14)27-18(12-22)25-8-10-28-9-7-24-13-28/h3-7,9,11-13,25H,1,8,10,22H2,2H3,(H,23,30)/b18-12-,27-19+. The summed E-state index contributed by atoms with van der Waals surface area (Å²) in [6, 6.07) is 9.33. The normalized spacial score (nSPS) is 12.6. The zero-order valence-corrected chi connectivity index (χ0v) is 16.5. The van der Waals surface area contributed by atoms with Crippen molar-refractivity contribution in [2.24, 2.45) is 10.7 Å². The Kier molecular flexibility index (Phi) is 5.17. The van der Waals surface area contributed by atoms with Crippen molar-refractivity contribution in [3.8, 4) is 0 Å². The van der Waals surface area contributed by atoms with Crippen molar-refractivity contribution in [1.82, 2.24) is 29.6 Å². The average molecular weight is 402 g/mol. The predicted molar refractivity (Wildman–Crippen MR) is 115 cm³/mol. The molecule has 0 radical (unpaired) electrons. The Balaban J connectivity index is 1.84. The van der Waals surface area contributed by atoms with Gasteiger partial charge in [0, 0.05) is 43.9 Å². The van der Waals surface area contributed by atoms with Crippen LogP contribution in [0.4, 0.5) is 0 Å². The number of nitrogens with two attached hydrogens (primary N) is 1. The van der Waals surface area contributed by atoms with E-state index in [2.05, 4.69) is 27.2 Å². The van der Waals surface area contributed by atoms with Gasteiger partial charge in [-0.3, -0.25) is 9.20 Å². The fourth-order valence-corrected chi connectivity index (χ4v) is 3.27. The second-order valence-electron chi connectivity index (χ2n) is 6.64. The molecule has 0 aliphatic heterocycles. The Bertz CT molecular complexity index is 1350. The molecule has 0 spiro atoms. The number of hydrogen-bond donors (Lipinski definition) is 3. The lowest BCUT2D eigenvalue weighted by Crippen LogP contribution is -2.35. The fraction of sp³-hybridized carbons (Fsp3) is 0.143. The number of imidazole rings is 2. The summed E-state index contributed by atoms with van der Waals surface area (Å²) in [7, 11) is 1.59. The van der Waals surface area contributed by atoms with Crippen molar-refractivity contribution in [2.45, 2.75) is 6.54 Å². The van der Waals surface area contributed by atoms with E-state index in [4.69, 9.17) is 10.7 Å². The van der Waals surface area contributed by atoms with E-state index in [1.54, 1.807) is 25.6 Å². The van der Waals surface area contributed by atoms with Gasteiger partial charge >= 0.3 is 0 Å². The van der Waals surface area contributed by atoms with Crippen molar-refractivity contribution < 1.29 is 4.79 Å². The van der Waals surface area contributed by atoms with E-state index < -0.39 is 0 Å². The van der Waals surface area contributed by atoms with Gasteiger partial charge in [0.25, 0.3) is 5.91 Å². The van der Waals surface area contributed by atoms with Crippen molar-refractivity contribution in [3.63, 3.8) is 0 Å². The number of aromatic nitrogens is 4. The number of para-hydroxylation sites is 2. The zero-order valence-electron chi connectivity index (χ0n) is 16.5. The van der Waals surface area contributed by atoms with E-state index in [1.807, 2.05) is 39.4 Å². The first-order valence-corrected chi connectivity index (χ1v) is 9.44. The molecule has 4 N–H and O–H groups in total. The van der Waals surface area contributed by atoms with Crippen LogP contribution in [0, 0.1) is 0 Å². The number of pyridine rings is 1. The first kappa shape index (κ1) is 19.2. The number of carbonyl (C=O) groups is 1. The van der Waals surface area contributed by atoms with Crippen LogP contribution in [0.1, 0.15) is 10.4 Å². The van der Waals surface area contributed by atoms with Gasteiger partial charge in [-0.1, -0.05) is 18.7 Å². The largest absolute Gasteiger partial charge is 0.402 e. The number of nitrogens with one attached hydrogen (secondary N) is 2. The van der Waals surface area contributed by atoms with Crippen LogP contribution >= 0.6 is 0 Å². The van der Waals surface area contributed by atoms with Gasteiger partial charge in [0.05, 0.1) is 22.9 Å². The van der Waals surface area contributed by atoms with Crippen molar-refractivity contribution in [3.05, 3.63) is 77.3 Å². The van der Waals surface area contributed by atoms with E-state index in [-0.39, 0.29) is 5.91 Å². The molecule has 0 saturated heterocycles. The van der Waals surface area contributed by atoms with Crippen molar-refractivity contribution in [2.75, 3.05) is 13.6 Å². The lowest BCUT2D eigenvalue weighted by atomic mass is 10.2. The van der Waals surface area contributed by atoms with Gasteiger partial charge in [-0.15, -0.1) is 0 Å². The molecule has 0 bridgehead atoms. The molecule has 3 heterocycles. The first-order valence-electron chi connectivity index (χ1n) is 9.44. The topological polar surface area (TPSA) is 115 Å². The number of nitrogens with zero attached hydrogens (tertiary/aromatic N) is 5. The average Bonchev–Trinajstić information content (AvgIpc) is 3.41. The lowest BCUT2D eigenvalue weighted by molar-refractivity contribution is 0.0964. The van der Waals surface area contributed by atoms with Crippen LogP contribution in [0.2, 0.25) is 0 Å². The number of rotatable bonds is 6. The zero-order chi connectivity index (χ0) is 21.1. The number of carbonyl (C=O) groups excluding carboxylic acids is 1. The first-order chi connectivity index (χ1) is 14.6. The molecule has 0 aliphatic rings. The van der Waals surface area contributed by atoms with Crippen LogP contribution in [-0.2, 0) is 6.54 Å². The third kappa shape index (κ3) is 3.48. The predicted octanol–water partition coefficient (Wildman–Crippen LogP) is 0.121. The van der Waals surface area contributed by atoms with Gasteiger partial charge in [-0.05, 0) is 18.2 Å². The quantitative estimate of drug-likeness (QED) is 0.424. The van der Waals surface area contributed by atoms with Gasteiger partial charge in [0.2, 0.25) is 0 Å². The summed E-state index contributed by atoms with van der Waals surface area (Å²) in [5, 5.41) is 6.46. The molecule has 3 aromatic heterocycles. The minimum atomic E-state index is -0.236. The van der Waals surface area contributed by atoms with Crippen LogP contribution in [0.25, 0.3) is 23.3 Å². The SMILES string of the molecule is C=c1cc(C(=O)NC)c2nc3ccccc3n2/c1=N/C(=C\N)NCCn1ccnc1.